The van der Waals surface area contributed by atoms with Crippen LogP contribution in [0.2, 0.25) is 0 Å². The van der Waals surface area contributed by atoms with Crippen molar-refractivity contribution in [2.45, 2.75) is 12.8 Å². The molecule has 0 spiro atoms. The van der Waals surface area contributed by atoms with E-state index in [1.807, 2.05) is 30.3 Å². The van der Waals surface area contributed by atoms with Gasteiger partial charge in [0.15, 0.2) is 0 Å². The van der Waals surface area contributed by atoms with Gasteiger partial charge >= 0.3 is 0 Å². The third-order valence-electron chi connectivity index (χ3n) is 3.54. The van der Waals surface area contributed by atoms with E-state index in [0.717, 1.165) is 34.3 Å². The van der Waals surface area contributed by atoms with Crippen molar-refractivity contribution in [2.24, 2.45) is 0 Å². The molecular formula is C18H18FN3OS. The number of anilines is 1. The summed E-state index contributed by atoms with van der Waals surface area (Å²) in [5.74, 6) is 1.40. The summed E-state index contributed by atoms with van der Waals surface area (Å²) in [6.07, 6.45) is 1.40. The zero-order valence-corrected chi connectivity index (χ0v) is 14.1. The molecule has 0 aliphatic heterocycles. The molecule has 6 heteroatoms. The molecule has 0 radical (unpaired) electrons. The number of rotatable bonds is 7. The number of methoxy groups -OCH3 is 1. The number of benzene rings is 2. The molecule has 1 aromatic heterocycles. The average molecular weight is 343 g/mol. The fourth-order valence-corrected chi connectivity index (χ4v) is 2.98. The summed E-state index contributed by atoms with van der Waals surface area (Å²) in [5, 5.41) is 4.02. The lowest BCUT2D eigenvalue weighted by Crippen LogP contribution is -2.05. The number of hydrogen-bond donors (Lipinski definition) is 1. The number of halogens is 1. The highest BCUT2D eigenvalue weighted by Crippen LogP contribution is 2.17. The molecule has 0 atom stereocenters. The van der Waals surface area contributed by atoms with E-state index < -0.39 is 0 Å². The van der Waals surface area contributed by atoms with Gasteiger partial charge in [-0.2, -0.15) is 4.37 Å². The van der Waals surface area contributed by atoms with E-state index in [1.54, 1.807) is 19.2 Å². The van der Waals surface area contributed by atoms with Gasteiger partial charge in [0.25, 0.3) is 0 Å². The predicted molar refractivity (Wildman–Crippen MR) is 94.3 cm³/mol. The molecule has 0 saturated carbocycles. The first-order valence-electron chi connectivity index (χ1n) is 7.67. The number of aromatic nitrogens is 2. The molecule has 3 aromatic rings. The molecule has 1 heterocycles. The van der Waals surface area contributed by atoms with Gasteiger partial charge in [0.1, 0.15) is 17.4 Å². The molecule has 2 aromatic carbocycles. The van der Waals surface area contributed by atoms with Gasteiger partial charge in [-0.25, -0.2) is 9.37 Å². The summed E-state index contributed by atoms with van der Waals surface area (Å²) in [7, 11) is 1.65. The van der Waals surface area contributed by atoms with Crippen LogP contribution in [0, 0.1) is 5.82 Å². The molecule has 0 fully saturated rings. The maximum absolute atomic E-state index is 13.1. The fourth-order valence-electron chi connectivity index (χ4n) is 2.37. The van der Waals surface area contributed by atoms with Crippen molar-refractivity contribution < 1.29 is 9.13 Å². The molecule has 0 aliphatic carbocycles. The molecule has 3 rings (SSSR count). The van der Waals surface area contributed by atoms with Crippen molar-refractivity contribution in [2.75, 3.05) is 19.0 Å². The molecule has 0 bridgehead atoms. The first-order valence-corrected chi connectivity index (χ1v) is 8.44. The maximum Gasteiger partial charge on any atom is 0.202 e. The Kier molecular flexibility index (Phi) is 5.38. The highest BCUT2D eigenvalue weighted by atomic mass is 32.1. The quantitative estimate of drug-likeness (QED) is 0.706. The standard InChI is InChI=1S/C18H18FN3OS/c1-23-16-7-3-5-14(11-16)12-17-21-18(24-22-17)20-9-8-13-4-2-6-15(19)10-13/h2-7,10-11H,8-9,12H2,1H3,(H,20,21,22). The highest BCUT2D eigenvalue weighted by molar-refractivity contribution is 7.09. The molecular weight excluding hydrogens is 325 g/mol. The zero-order chi connectivity index (χ0) is 16.8. The monoisotopic (exact) mass is 343 g/mol. The van der Waals surface area contributed by atoms with Crippen molar-refractivity contribution in [3.05, 3.63) is 71.3 Å². The number of ether oxygens (including phenoxy) is 1. The van der Waals surface area contributed by atoms with Gasteiger partial charge in [-0.3, -0.25) is 0 Å². The average Bonchev–Trinajstić information content (AvgIpc) is 3.02. The minimum absolute atomic E-state index is 0.205. The largest absolute Gasteiger partial charge is 0.497 e. The molecule has 0 amide bonds. The fraction of sp³-hybridized carbons (Fsp3) is 0.222. The van der Waals surface area contributed by atoms with E-state index >= 15 is 0 Å². The van der Waals surface area contributed by atoms with E-state index in [9.17, 15) is 4.39 Å². The molecule has 1 N–H and O–H groups in total. The highest BCUT2D eigenvalue weighted by Gasteiger charge is 2.06. The lowest BCUT2D eigenvalue weighted by Gasteiger charge is -2.03. The summed E-state index contributed by atoms with van der Waals surface area (Å²) in [6, 6.07) is 14.5. The third-order valence-corrected chi connectivity index (χ3v) is 4.25. The van der Waals surface area contributed by atoms with Crippen LogP contribution in [-0.2, 0) is 12.8 Å². The van der Waals surface area contributed by atoms with E-state index in [4.69, 9.17) is 4.74 Å². The minimum Gasteiger partial charge on any atom is -0.497 e. The Balaban J connectivity index is 1.53. The third kappa shape index (κ3) is 4.52. The summed E-state index contributed by atoms with van der Waals surface area (Å²) in [4.78, 5) is 4.49. The van der Waals surface area contributed by atoms with Crippen molar-refractivity contribution in [1.29, 1.82) is 0 Å². The summed E-state index contributed by atoms with van der Waals surface area (Å²) in [5.41, 5.74) is 2.07. The van der Waals surface area contributed by atoms with Crippen LogP contribution in [0.25, 0.3) is 0 Å². The first-order chi connectivity index (χ1) is 11.7. The lowest BCUT2D eigenvalue weighted by atomic mass is 10.1. The molecule has 0 aliphatic rings. The molecule has 0 unspecified atom stereocenters. The number of nitrogens with zero attached hydrogens (tertiary/aromatic N) is 2. The Bertz CT molecular complexity index is 806. The zero-order valence-electron chi connectivity index (χ0n) is 13.3. The van der Waals surface area contributed by atoms with Gasteiger partial charge in [-0.1, -0.05) is 24.3 Å². The smallest absolute Gasteiger partial charge is 0.202 e. The van der Waals surface area contributed by atoms with Gasteiger partial charge in [0, 0.05) is 24.5 Å². The van der Waals surface area contributed by atoms with Crippen LogP contribution < -0.4 is 10.1 Å². The van der Waals surface area contributed by atoms with Crippen molar-refractivity contribution in [3.8, 4) is 5.75 Å². The summed E-state index contributed by atoms with van der Waals surface area (Å²) < 4.78 is 22.7. The van der Waals surface area contributed by atoms with Gasteiger partial charge < -0.3 is 10.1 Å². The van der Waals surface area contributed by atoms with E-state index in [-0.39, 0.29) is 5.82 Å². The predicted octanol–water partition coefficient (Wildman–Crippen LogP) is 3.93. The van der Waals surface area contributed by atoms with Gasteiger partial charge in [-0.15, -0.1) is 0 Å². The SMILES string of the molecule is COc1cccc(Cc2nsc(NCCc3cccc(F)c3)n2)c1. The Labute approximate surface area is 144 Å². The topological polar surface area (TPSA) is 47.0 Å². The van der Waals surface area contributed by atoms with Gasteiger partial charge in [-0.05, 0) is 41.8 Å². The van der Waals surface area contributed by atoms with Gasteiger partial charge in [0.2, 0.25) is 5.13 Å². The molecule has 124 valence electrons. The molecule has 0 saturated heterocycles. The van der Waals surface area contributed by atoms with Crippen LogP contribution >= 0.6 is 11.5 Å². The number of hydrogen-bond acceptors (Lipinski definition) is 5. The summed E-state index contributed by atoms with van der Waals surface area (Å²) in [6.45, 7) is 0.692. The van der Waals surface area contributed by atoms with Gasteiger partial charge in [0.05, 0.1) is 7.11 Å². The Morgan fingerprint density at radius 2 is 1.96 bits per heavy atom. The van der Waals surface area contributed by atoms with E-state index in [0.29, 0.717) is 13.0 Å². The minimum atomic E-state index is -0.205. The first kappa shape index (κ1) is 16.4. The Morgan fingerprint density at radius 3 is 2.79 bits per heavy atom. The lowest BCUT2D eigenvalue weighted by molar-refractivity contribution is 0.414. The number of nitrogens with one attached hydrogen (secondary N) is 1. The van der Waals surface area contributed by atoms with Crippen molar-refractivity contribution >= 4 is 16.7 Å². The van der Waals surface area contributed by atoms with Crippen LogP contribution in [0.4, 0.5) is 9.52 Å². The normalized spacial score (nSPS) is 10.6. The Morgan fingerprint density at radius 1 is 1.12 bits per heavy atom. The van der Waals surface area contributed by atoms with Crippen LogP contribution in [0.1, 0.15) is 17.0 Å². The van der Waals surface area contributed by atoms with Crippen LogP contribution in [0.5, 0.6) is 5.75 Å². The summed E-state index contributed by atoms with van der Waals surface area (Å²) >= 11 is 1.34. The second-order valence-electron chi connectivity index (χ2n) is 5.35. The van der Waals surface area contributed by atoms with Crippen LogP contribution in [-0.4, -0.2) is 23.0 Å². The van der Waals surface area contributed by atoms with Crippen molar-refractivity contribution in [1.82, 2.24) is 9.36 Å². The molecule has 24 heavy (non-hydrogen) atoms. The Hall–Kier alpha value is -2.47. The van der Waals surface area contributed by atoms with Crippen molar-refractivity contribution in [3.63, 3.8) is 0 Å². The van der Waals surface area contributed by atoms with Crippen LogP contribution in [0.3, 0.4) is 0 Å². The second-order valence-corrected chi connectivity index (χ2v) is 6.10. The second kappa shape index (κ2) is 7.88. The molecule has 4 nitrogen and oxygen atoms in total. The van der Waals surface area contributed by atoms with E-state index in [2.05, 4.69) is 14.7 Å². The van der Waals surface area contributed by atoms with E-state index in [1.165, 1.54) is 17.6 Å². The maximum atomic E-state index is 13.1. The van der Waals surface area contributed by atoms with Crippen LogP contribution in [0.15, 0.2) is 48.5 Å².